The summed E-state index contributed by atoms with van der Waals surface area (Å²) in [5, 5.41) is 14.4. The van der Waals surface area contributed by atoms with Gasteiger partial charge >= 0.3 is 0 Å². The second-order valence-electron chi connectivity index (χ2n) is 6.04. The Hall–Kier alpha value is -3.35. The van der Waals surface area contributed by atoms with Crippen LogP contribution < -0.4 is 20.1 Å². The molecule has 0 saturated carbocycles. The lowest BCUT2D eigenvalue weighted by molar-refractivity contribution is 0.242. The van der Waals surface area contributed by atoms with Crippen LogP contribution in [-0.2, 0) is 0 Å². The molecule has 0 aliphatic heterocycles. The van der Waals surface area contributed by atoms with Crippen molar-refractivity contribution in [3.8, 4) is 11.5 Å². The minimum absolute atomic E-state index is 0.138. The molecule has 1 aromatic heterocycles. The Morgan fingerprint density at radius 2 is 1.78 bits per heavy atom. The number of nitrogens with zero attached hydrogens (tertiary/aromatic N) is 3. The maximum atomic E-state index is 5.64. The second kappa shape index (κ2) is 8.84. The monoisotopic (exact) mass is 365 g/mol. The van der Waals surface area contributed by atoms with E-state index in [9.17, 15) is 0 Å². The quantitative estimate of drug-likeness (QED) is 0.606. The van der Waals surface area contributed by atoms with E-state index in [0.717, 1.165) is 22.9 Å². The molecule has 27 heavy (non-hydrogen) atoms. The van der Waals surface area contributed by atoms with Crippen molar-refractivity contribution < 1.29 is 9.47 Å². The van der Waals surface area contributed by atoms with Crippen LogP contribution in [0.4, 0.5) is 23.1 Å². The molecule has 0 aliphatic rings. The summed E-state index contributed by atoms with van der Waals surface area (Å²) in [4.78, 5) is 4.45. The largest absolute Gasteiger partial charge is 0.492 e. The fraction of sp³-hybridized carbons (Fsp3) is 0.250. The van der Waals surface area contributed by atoms with Gasteiger partial charge in [-0.25, -0.2) is 0 Å². The molecule has 0 bridgehead atoms. The Morgan fingerprint density at radius 1 is 1.00 bits per heavy atom. The van der Waals surface area contributed by atoms with Crippen LogP contribution in [0.15, 0.2) is 54.7 Å². The number of anilines is 4. The fourth-order valence-corrected chi connectivity index (χ4v) is 2.42. The SMILES string of the molecule is CCOc1ccccc1Nc1cnnc(Nc2ccc(OC(C)C)cc2)n1. The first kappa shape index (κ1) is 18.4. The predicted molar refractivity (Wildman–Crippen MR) is 106 cm³/mol. The molecule has 3 rings (SSSR count). The van der Waals surface area contributed by atoms with Gasteiger partial charge < -0.3 is 20.1 Å². The van der Waals surface area contributed by atoms with Crippen molar-refractivity contribution in [3.05, 3.63) is 54.7 Å². The molecule has 140 valence electrons. The van der Waals surface area contributed by atoms with E-state index >= 15 is 0 Å². The Labute approximate surface area is 158 Å². The van der Waals surface area contributed by atoms with Gasteiger partial charge in [-0.15, -0.1) is 5.10 Å². The third kappa shape index (κ3) is 5.31. The molecule has 2 aromatic carbocycles. The molecule has 0 unspecified atom stereocenters. The maximum absolute atomic E-state index is 5.64. The molecular weight excluding hydrogens is 342 g/mol. The number of hydrogen-bond acceptors (Lipinski definition) is 7. The van der Waals surface area contributed by atoms with Gasteiger partial charge in [-0.2, -0.15) is 10.1 Å². The van der Waals surface area contributed by atoms with Gasteiger partial charge in [0.05, 0.1) is 24.6 Å². The zero-order valence-corrected chi connectivity index (χ0v) is 15.6. The average molecular weight is 365 g/mol. The van der Waals surface area contributed by atoms with Crippen molar-refractivity contribution in [3.63, 3.8) is 0 Å². The molecule has 0 aliphatic carbocycles. The molecular formula is C20H23N5O2. The molecule has 3 aromatic rings. The summed E-state index contributed by atoms with van der Waals surface area (Å²) in [6, 6.07) is 15.3. The minimum atomic E-state index is 0.138. The van der Waals surface area contributed by atoms with Crippen LogP contribution in [0.3, 0.4) is 0 Å². The van der Waals surface area contributed by atoms with Gasteiger partial charge in [0.25, 0.3) is 0 Å². The van der Waals surface area contributed by atoms with Crippen molar-refractivity contribution in [2.24, 2.45) is 0 Å². The third-order valence-corrected chi connectivity index (χ3v) is 3.49. The molecule has 0 spiro atoms. The topological polar surface area (TPSA) is 81.2 Å². The molecule has 0 atom stereocenters. The number of ether oxygens (including phenoxy) is 2. The van der Waals surface area contributed by atoms with E-state index in [0.29, 0.717) is 18.4 Å². The van der Waals surface area contributed by atoms with E-state index in [2.05, 4.69) is 25.8 Å². The van der Waals surface area contributed by atoms with E-state index in [1.54, 1.807) is 6.20 Å². The highest BCUT2D eigenvalue weighted by Gasteiger charge is 2.06. The number of para-hydroxylation sites is 2. The number of nitrogens with one attached hydrogen (secondary N) is 2. The zero-order valence-electron chi connectivity index (χ0n) is 15.6. The Balaban J connectivity index is 1.70. The van der Waals surface area contributed by atoms with Crippen LogP contribution in [0.25, 0.3) is 0 Å². The molecule has 0 fully saturated rings. The van der Waals surface area contributed by atoms with Crippen LogP contribution in [0.5, 0.6) is 11.5 Å². The van der Waals surface area contributed by atoms with Crippen molar-refractivity contribution in [1.29, 1.82) is 0 Å². The first-order valence-electron chi connectivity index (χ1n) is 8.86. The summed E-state index contributed by atoms with van der Waals surface area (Å²) in [6.07, 6.45) is 1.70. The Kier molecular flexibility index (Phi) is 6.04. The molecule has 0 amide bonds. The second-order valence-corrected chi connectivity index (χ2v) is 6.04. The summed E-state index contributed by atoms with van der Waals surface area (Å²) in [7, 11) is 0. The summed E-state index contributed by atoms with van der Waals surface area (Å²) in [5.41, 5.74) is 1.67. The molecule has 1 heterocycles. The summed E-state index contributed by atoms with van der Waals surface area (Å²) < 4.78 is 11.3. The minimum Gasteiger partial charge on any atom is -0.492 e. The van der Waals surface area contributed by atoms with Crippen LogP contribution in [0, 0.1) is 0 Å². The standard InChI is InChI=1S/C20H23N5O2/c1-4-26-18-8-6-5-7-17(18)23-19-13-21-25-20(24-19)22-15-9-11-16(12-10-15)27-14(2)3/h5-14H,4H2,1-3H3,(H2,22,23,24,25). The van der Waals surface area contributed by atoms with E-state index < -0.39 is 0 Å². The normalized spacial score (nSPS) is 10.5. The molecule has 7 heteroatoms. The van der Waals surface area contributed by atoms with Crippen molar-refractivity contribution in [2.45, 2.75) is 26.9 Å². The molecule has 7 nitrogen and oxygen atoms in total. The lowest BCUT2D eigenvalue weighted by Crippen LogP contribution is -2.05. The van der Waals surface area contributed by atoms with Gasteiger partial charge in [-0.05, 0) is 57.2 Å². The van der Waals surface area contributed by atoms with E-state index in [-0.39, 0.29) is 6.10 Å². The van der Waals surface area contributed by atoms with Crippen molar-refractivity contribution >= 4 is 23.1 Å². The fourth-order valence-electron chi connectivity index (χ4n) is 2.42. The van der Waals surface area contributed by atoms with E-state index in [1.165, 1.54) is 0 Å². The average Bonchev–Trinajstić information content (AvgIpc) is 2.65. The Morgan fingerprint density at radius 3 is 2.52 bits per heavy atom. The molecule has 2 N–H and O–H groups in total. The first-order valence-corrected chi connectivity index (χ1v) is 8.86. The highest BCUT2D eigenvalue weighted by Crippen LogP contribution is 2.27. The van der Waals surface area contributed by atoms with Gasteiger partial charge in [0.2, 0.25) is 5.95 Å². The van der Waals surface area contributed by atoms with Crippen molar-refractivity contribution in [2.75, 3.05) is 17.2 Å². The van der Waals surface area contributed by atoms with E-state index in [1.807, 2.05) is 69.3 Å². The lowest BCUT2D eigenvalue weighted by Gasteiger charge is -2.12. The van der Waals surface area contributed by atoms with Crippen molar-refractivity contribution in [1.82, 2.24) is 15.2 Å². The smallest absolute Gasteiger partial charge is 0.249 e. The Bertz CT molecular complexity index is 868. The number of hydrogen-bond donors (Lipinski definition) is 2. The van der Waals surface area contributed by atoms with Crippen LogP contribution in [0.2, 0.25) is 0 Å². The highest BCUT2D eigenvalue weighted by molar-refractivity contribution is 5.64. The lowest BCUT2D eigenvalue weighted by atomic mass is 10.3. The van der Waals surface area contributed by atoms with Crippen LogP contribution in [0.1, 0.15) is 20.8 Å². The van der Waals surface area contributed by atoms with E-state index in [4.69, 9.17) is 9.47 Å². The van der Waals surface area contributed by atoms with Crippen LogP contribution in [-0.4, -0.2) is 27.9 Å². The maximum Gasteiger partial charge on any atom is 0.249 e. The zero-order chi connectivity index (χ0) is 19.1. The predicted octanol–water partition coefficient (Wildman–Crippen LogP) is 4.54. The summed E-state index contributed by atoms with van der Waals surface area (Å²) >= 11 is 0. The highest BCUT2D eigenvalue weighted by atomic mass is 16.5. The molecule has 0 radical (unpaired) electrons. The van der Waals surface area contributed by atoms with Gasteiger partial charge in [0.15, 0.2) is 5.82 Å². The third-order valence-electron chi connectivity index (χ3n) is 3.49. The summed E-state index contributed by atoms with van der Waals surface area (Å²) in [6.45, 7) is 6.52. The summed E-state index contributed by atoms with van der Waals surface area (Å²) in [5.74, 6) is 2.54. The van der Waals surface area contributed by atoms with Gasteiger partial charge in [-0.3, -0.25) is 0 Å². The van der Waals surface area contributed by atoms with Gasteiger partial charge in [0, 0.05) is 5.69 Å². The first-order chi connectivity index (χ1) is 13.1. The number of aromatic nitrogens is 3. The van der Waals surface area contributed by atoms with Crippen LogP contribution >= 0.6 is 0 Å². The van der Waals surface area contributed by atoms with Gasteiger partial charge in [-0.1, -0.05) is 12.1 Å². The number of rotatable bonds is 8. The van der Waals surface area contributed by atoms with Gasteiger partial charge in [0.1, 0.15) is 11.5 Å². The molecule has 0 saturated heterocycles. The number of benzene rings is 2.